The van der Waals surface area contributed by atoms with Gasteiger partial charge in [-0.05, 0) is 12.1 Å². The zero-order chi connectivity index (χ0) is 16.2. The Labute approximate surface area is 159 Å². The first-order valence-electron chi connectivity index (χ1n) is 7.82. The van der Waals surface area contributed by atoms with Crippen LogP contribution in [-0.2, 0) is 9.53 Å². The maximum absolute atomic E-state index is 12.2. The van der Waals surface area contributed by atoms with Crippen molar-refractivity contribution in [1.29, 1.82) is 0 Å². The molecule has 140 valence electrons. The Hall–Kier alpha value is -1.54. The van der Waals surface area contributed by atoms with Gasteiger partial charge in [-0.2, -0.15) is 4.98 Å². The molecule has 1 aromatic carbocycles. The summed E-state index contributed by atoms with van der Waals surface area (Å²) in [5, 5.41) is 0. The lowest BCUT2D eigenvalue weighted by Gasteiger charge is -2.34. The molecule has 0 saturated carbocycles. The van der Waals surface area contributed by atoms with Gasteiger partial charge in [-0.15, -0.1) is 24.8 Å². The third kappa shape index (κ3) is 4.98. The molecule has 1 fully saturated rings. The van der Waals surface area contributed by atoms with Gasteiger partial charge >= 0.3 is 0 Å². The van der Waals surface area contributed by atoms with Crippen molar-refractivity contribution in [3.63, 3.8) is 0 Å². The van der Waals surface area contributed by atoms with Crippen LogP contribution in [0, 0.1) is 0 Å². The Morgan fingerprint density at radius 3 is 2.56 bits per heavy atom. The summed E-state index contributed by atoms with van der Waals surface area (Å²) >= 11 is 0. The van der Waals surface area contributed by atoms with Crippen LogP contribution >= 0.6 is 24.8 Å². The van der Waals surface area contributed by atoms with Crippen LogP contribution in [-0.4, -0.2) is 61.7 Å². The van der Waals surface area contributed by atoms with Crippen molar-refractivity contribution in [1.82, 2.24) is 9.88 Å². The number of nitrogens with two attached hydrogens (primary N) is 1. The Bertz CT molecular complexity index is 637. The molecule has 0 aliphatic carbocycles. The number of hydrogen-bond acceptors (Lipinski definition) is 6. The summed E-state index contributed by atoms with van der Waals surface area (Å²) in [7, 11) is 1.58. The average Bonchev–Trinajstić information content (AvgIpc) is 3.03. The third-order valence-corrected chi connectivity index (χ3v) is 4.18. The van der Waals surface area contributed by atoms with Crippen molar-refractivity contribution in [3.8, 4) is 0 Å². The standard InChI is InChI=1S/C16H22N4O3.2ClH/c1-22-12(11-17)10-15(21)19-6-8-20(9-7-19)16-18-13-4-2-3-5-14(13)23-16;;/h2-5,12H,6-11,17H2,1H3;2*1H. The molecule has 1 amide bonds. The van der Waals surface area contributed by atoms with Gasteiger partial charge in [0.15, 0.2) is 5.58 Å². The van der Waals surface area contributed by atoms with E-state index in [1.165, 1.54) is 0 Å². The Morgan fingerprint density at radius 2 is 1.96 bits per heavy atom. The quantitative estimate of drug-likeness (QED) is 0.835. The van der Waals surface area contributed by atoms with E-state index in [0.717, 1.165) is 11.1 Å². The highest BCUT2D eigenvalue weighted by molar-refractivity contribution is 5.85. The first kappa shape index (κ1) is 21.5. The van der Waals surface area contributed by atoms with Gasteiger partial charge in [-0.1, -0.05) is 12.1 Å². The summed E-state index contributed by atoms with van der Waals surface area (Å²) in [6, 6.07) is 8.32. The smallest absolute Gasteiger partial charge is 0.298 e. The molecule has 1 atom stereocenters. The lowest BCUT2D eigenvalue weighted by Crippen LogP contribution is -2.49. The van der Waals surface area contributed by atoms with Crippen molar-refractivity contribution in [3.05, 3.63) is 24.3 Å². The molecule has 1 aliphatic heterocycles. The number of anilines is 1. The molecule has 0 spiro atoms. The minimum absolute atomic E-state index is 0. The molecule has 2 N–H and O–H groups in total. The van der Waals surface area contributed by atoms with Crippen molar-refractivity contribution in [2.45, 2.75) is 12.5 Å². The Morgan fingerprint density at radius 1 is 1.28 bits per heavy atom. The molecular weight excluding hydrogens is 367 g/mol. The maximum atomic E-state index is 12.2. The second-order valence-corrected chi connectivity index (χ2v) is 5.63. The highest BCUT2D eigenvalue weighted by atomic mass is 35.5. The van der Waals surface area contributed by atoms with Gasteiger partial charge in [0.25, 0.3) is 6.01 Å². The Balaban J connectivity index is 0.00000156. The summed E-state index contributed by atoms with van der Waals surface area (Å²) in [5.41, 5.74) is 7.21. The normalized spacial score (nSPS) is 15.4. The third-order valence-electron chi connectivity index (χ3n) is 4.18. The highest BCUT2D eigenvalue weighted by Crippen LogP contribution is 2.22. The average molecular weight is 391 g/mol. The Kier molecular flexibility index (Phi) is 8.44. The van der Waals surface area contributed by atoms with Gasteiger partial charge in [0.05, 0.1) is 12.5 Å². The van der Waals surface area contributed by atoms with Gasteiger partial charge in [0.2, 0.25) is 5.91 Å². The summed E-state index contributed by atoms with van der Waals surface area (Å²) in [6.45, 7) is 3.07. The molecular formula is C16H24Cl2N4O3. The van der Waals surface area contributed by atoms with Gasteiger partial charge in [0.1, 0.15) is 5.52 Å². The lowest BCUT2D eigenvalue weighted by atomic mass is 10.2. The zero-order valence-electron chi connectivity index (χ0n) is 14.1. The number of rotatable bonds is 5. The van der Waals surface area contributed by atoms with E-state index in [9.17, 15) is 4.79 Å². The number of amides is 1. The van der Waals surface area contributed by atoms with Crippen LogP contribution in [0.3, 0.4) is 0 Å². The van der Waals surface area contributed by atoms with Crippen LogP contribution in [0.2, 0.25) is 0 Å². The van der Waals surface area contributed by atoms with E-state index in [0.29, 0.717) is 45.2 Å². The van der Waals surface area contributed by atoms with Gasteiger partial charge < -0.3 is 24.7 Å². The van der Waals surface area contributed by atoms with E-state index >= 15 is 0 Å². The number of oxazole rings is 1. The maximum Gasteiger partial charge on any atom is 0.298 e. The fourth-order valence-corrected chi connectivity index (χ4v) is 2.73. The van der Waals surface area contributed by atoms with E-state index in [2.05, 4.69) is 9.88 Å². The van der Waals surface area contributed by atoms with E-state index in [4.69, 9.17) is 14.9 Å². The van der Waals surface area contributed by atoms with Gasteiger partial charge in [-0.25, -0.2) is 0 Å². The van der Waals surface area contributed by atoms with Crippen molar-refractivity contribution < 1.29 is 13.9 Å². The largest absolute Gasteiger partial charge is 0.423 e. The minimum atomic E-state index is -0.211. The number of piperazine rings is 1. The first-order chi connectivity index (χ1) is 11.2. The molecule has 7 nitrogen and oxygen atoms in total. The minimum Gasteiger partial charge on any atom is -0.423 e. The van der Waals surface area contributed by atoms with Crippen LogP contribution in [0.1, 0.15) is 6.42 Å². The van der Waals surface area contributed by atoms with Crippen LogP contribution < -0.4 is 10.6 Å². The molecule has 2 heterocycles. The number of benzene rings is 1. The fraction of sp³-hybridized carbons (Fsp3) is 0.500. The number of aromatic nitrogens is 1. The monoisotopic (exact) mass is 390 g/mol. The molecule has 9 heteroatoms. The summed E-state index contributed by atoms with van der Waals surface area (Å²) in [6.07, 6.45) is 0.119. The lowest BCUT2D eigenvalue weighted by molar-refractivity contribution is -0.133. The summed E-state index contributed by atoms with van der Waals surface area (Å²) < 4.78 is 11.0. The number of ether oxygens (including phenoxy) is 1. The van der Waals surface area contributed by atoms with E-state index in [-0.39, 0.29) is 36.8 Å². The fourth-order valence-electron chi connectivity index (χ4n) is 2.73. The molecule has 1 aliphatic rings. The summed E-state index contributed by atoms with van der Waals surface area (Å²) in [5.74, 6) is 0.0829. The van der Waals surface area contributed by atoms with E-state index < -0.39 is 0 Å². The van der Waals surface area contributed by atoms with Crippen molar-refractivity contribution in [2.24, 2.45) is 5.73 Å². The number of fused-ring (bicyclic) bond motifs is 1. The SMILES string of the molecule is COC(CN)CC(=O)N1CCN(c2nc3ccccc3o2)CC1.Cl.Cl. The van der Waals surface area contributed by atoms with Crippen molar-refractivity contribution in [2.75, 3.05) is 44.7 Å². The first-order valence-corrected chi connectivity index (χ1v) is 7.82. The van der Waals surface area contributed by atoms with Crippen LogP contribution in [0.5, 0.6) is 0 Å². The van der Waals surface area contributed by atoms with Crippen LogP contribution in [0.25, 0.3) is 11.1 Å². The highest BCUT2D eigenvalue weighted by Gasteiger charge is 2.25. The molecule has 0 bridgehead atoms. The molecule has 3 rings (SSSR count). The number of methoxy groups -OCH3 is 1. The number of carbonyl (C=O) groups is 1. The van der Waals surface area contributed by atoms with Crippen molar-refractivity contribution >= 4 is 47.8 Å². The molecule has 1 saturated heterocycles. The number of nitrogens with zero attached hydrogens (tertiary/aromatic N) is 3. The van der Waals surface area contributed by atoms with Crippen LogP contribution in [0.4, 0.5) is 6.01 Å². The van der Waals surface area contributed by atoms with Gasteiger partial charge in [-0.3, -0.25) is 4.79 Å². The number of hydrogen-bond donors (Lipinski definition) is 1. The molecule has 0 radical (unpaired) electrons. The van der Waals surface area contributed by atoms with E-state index in [1.54, 1.807) is 7.11 Å². The molecule has 25 heavy (non-hydrogen) atoms. The number of halogens is 2. The summed E-state index contributed by atoms with van der Waals surface area (Å²) in [4.78, 5) is 20.7. The zero-order valence-corrected chi connectivity index (χ0v) is 15.7. The number of carbonyl (C=O) groups excluding carboxylic acids is 1. The molecule has 1 aromatic heterocycles. The van der Waals surface area contributed by atoms with E-state index in [1.807, 2.05) is 29.2 Å². The predicted octanol–water partition coefficient (Wildman–Crippen LogP) is 1.68. The second-order valence-electron chi connectivity index (χ2n) is 5.63. The number of para-hydroxylation sites is 2. The topological polar surface area (TPSA) is 84.8 Å². The van der Waals surface area contributed by atoms with Gasteiger partial charge in [0, 0.05) is 39.8 Å². The molecule has 2 aromatic rings. The molecule has 1 unspecified atom stereocenters. The predicted molar refractivity (Wildman–Crippen MR) is 102 cm³/mol. The second kappa shape index (κ2) is 9.82. The van der Waals surface area contributed by atoms with Crippen LogP contribution in [0.15, 0.2) is 28.7 Å².